The van der Waals surface area contributed by atoms with Gasteiger partial charge in [0.15, 0.2) is 0 Å². The molecule has 0 spiro atoms. The average molecular weight is 1030 g/mol. The summed E-state index contributed by atoms with van der Waals surface area (Å²) in [6, 6.07) is 45.0. The van der Waals surface area contributed by atoms with Crippen LogP contribution in [0.2, 0.25) is 0 Å². The summed E-state index contributed by atoms with van der Waals surface area (Å²) in [4.78, 5) is 5.34. The Morgan fingerprint density at radius 3 is 0.705 bits per heavy atom. The van der Waals surface area contributed by atoms with Gasteiger partial charge in [0, 0.05) is 0 Å². The standard InChI is InChI=1S/4C8H8S.C6H4.2Bi/c4*1-2-7-3-5-8(9)6-4-7;1-2-4-6-5-3-1;;/h4*2-6,9H,1H2;1-2,5-6H;;/q;;;;;2*+2/p-4. The first-order valence-corrected chi connectivity index (χ1v) is 37.5. The Morgan fingerprint density at radius 1 is 0.318 bits per heavy atom. The Balaban J connectivity index is 1.43. The van der Waals surface area contributed by atoms with E-state index in [0.29, 0.717) is 0 Å². The monoisotopic (exact) mass is 1030 g/mol. The van der Waals surface area contributed by atoms with Crippen molar-refractivity contribution in [2.24, 2.45) is 0 Å². The van der Waals surface area contributed by atoms with Gasteiger partial charge in [-0.15, -0.1) is 0 Å². The van der Waals surface area contributed by atoms with E-state index in [-0.39, 0.29) is 0 Å². The minimum atomic E-state index is -2.34. The molecule has 0 aliphatic heterocycles. The SMILES string of the molecule is C=Cc1ccc([S][Bi]([S]c2ccc(C=C)cc2)[c]2cc[c]([Bi]([S]c3ccc(C=C)cc3)[S]c3ccc(C=C)cc3)cc2)cc1. The van der Waals surface area contributed by atoms with Crippen LogP contribution in [0.1, 0.15) is 22.3 Å². The molecule has 0 radical (unpaired) electrons. The van der Waals surface area contributed by atoms with Crippen LogP contribution in [-0.2, 0) is 0 Å². The summed E-state index contributed by atoms with van der Waals surface area (Å²) in [5, 5.41) is 0. The van der Waals surface area contributed by atoms with Gasteiger partial charge in [0.2, 0.25) is 0 Å². The van der Waals surface area contributed by atoms with E-state index in [2.05, 4.69) is 182 Å². The zero-order chi connectivity index (χ0) is 30.7. The maximum atomic E-state index is 3.92. The van der Waals surface area contributed by atoms with Crippen LogP contribution in [0.4, 0.5) is 0 Å². The van der Waals surface area contributed by atoms with E-state index in [1.54, 1.807) is 0 Å². The zero-order valence-electron chi connectivity index (χ0n) is 24.2. The van der Waals surface area contributed by atoms with Crippen LogP contribution in [0.3, 0.4) is 0 Å². The summed E-state index contributed by atoms with van der Waals surface area (Å²) in [5.74, 6) is 0. The number of hydrogen-bond donors (Lipinski definition) is 0. The van der Waals surface area contributed by atoms with E-state index in [0.717, 1.165) is 22.3 Å². The van der Waals surface area contributed by atoms with Crippen molar-refractivity contribution >= 4 is 103 Å². The van der Waals surface area contributed by atoms with Gasteiger partial charge in [0.1, 0.15) is 0 Å². The third-order valence-electron chi connectivity index (χ3n) is 6.49. The average Bonchev–Trinajstić information content (AvgIpc) is 3.09. The molecule has 0 heterocycles. The van der Waals surface area contributed by atoms with Crippen molar-refractivity contribution in [3.8, 4) is 0 Å². The summed E-state index contributed by atoms with van der Waals surface area (Å²) in [6.45, 7) is 15.7. The molecule has 0 bridgehead atoms. The molecule has 44 heavy (non-hydrogen) atoms. The molecule has 0 fully saturated rings. The second-order valence-corrected chi connectivity index (χ2v) is 45.5. The van der Waals surface area contributed by atoms with E-state index in [1.165, 1.54) is 26.1 Å². The molecule has 0 atom stereocenters. The first-order valence-electron chi connectivity index (χ1n) is 13.9. The summed E-state index contributed by atoms with van der Waals surface area (Å²) < 4.78 is 3.04. The molecule has 0 N–H and O–H groups in total. The molecule has 5 aromatic rings. The Bertz CT molecular complexity index is 1460. The van der Waals surface area contributed by atoms with Crippen LogP contribution in [-0.4, -0.2) is 37.6 Å². The quantitative estimate of drug-likeness (QED) is 0.102. The molecule has 0 aromatic heterocycles. The van der Waals surface area contributed by atoms with Gasteiger partial charge in [-0.25, -0.2) is 0 Å². The van der Waals surface area contributed by atoms with Gasteiger partial charge in [0.05, 0.1) is 0 Å². The van der Waals surface area contributed by atoms with Crippen molar-refractivity contribution < 1.29 is 0 Å². The van der Waals surface area contributed by atoms with Crippen LogP contribution in [0.5, 0.6) is 0 Å². The fourth-order valence-corrected chi connectivity index (χ4v) is 45.0. The predicted molar refractivity (Wildman–Crippen MR) is 207 cm³/mol. The van der Waals surface area contributed by atoms with Gasteiger partial charge in [-0.05, 0) is 0 Å². The van der Waals surface area contributed by atoms with Gasteiger partial charge in [-0.2, -0.15) is 0 Å². The Kier molecular flexibility index (Phi) is 13.2. The molecule has 0 aliphatic carbocycles. The van der Waals surface area contributed by atoms with Crippen molar-refractivity contribution in [1.82, 2.24) is 0 Å². The van der Waals surface area contributed by atoms with E-state index in [9.17, 15) is 0 Å². The molecule has 0 saturated heterocycles. The van der Waals surface area contributed by atoms with E-state index in [4.69, 9.17) is 0 Å². The number of hydrogen-bond acceptors (Lipinski definition) is 4. The third-order valence-corrected chi connectivity index (χ3v) is 47.5. The van der Waals surface area contributed by atoms with Gasteiger partial charge in [-0.3, -0.25) is 0 Å². The molecule has 0 unspecified atom stereocenters. The van der Waals surface area contributed by atoms with E-state index < -0.39 is 37.6 Å². The summed E-state index contributed by atoms with van der Waals surface area (Å²) in [7, 11) is 8.38. The van der Waals surface area contributed by atoms with Crippen molar-refractivity contribution in [2.75, 3.05) is 0 Å². The molecule has 218 valence electrons. The second kappa shape index (κ2) is 17.2. The van der Waals surface area contributed by atoms with Crippen LogP contribution in [0.15, 0.2) is 167 Å². The van der Waals surface area contributed by atoms with Crippen LogP contribution in [0.25, 0.3) is 24.3 Å². The Labute approximate surface area is 288 Å². The predicted octanol–water partition coefficient (Wildman–Crippen LogP) is 10.8. The maximum absolute atomic E-state index is 3.92. The molecular weight excluding hydrogens is 1000 g/mol. The van der Waals surface area contributed by atoms with Crippen molar-refractivity contribution in [3.63, 3.8) is 0 Å². The van der Waals surface area contributed by atoms with Crippen LogP contribution in [0, 0.1) is 0 Å². The first-order chi connectivity index (χ1) is 21.6. The topological polar surface area (TPSA) is 0 Å². The summed E-state index contributed by atoms with van der Waals surface area (Å²) in [6.07, 6.45) is 7.62. The van der Waals surface area contributed by atoms with Gasteiger partial charge >= 0.3 is 292 Å². The fourth-order valence-electron chi connectivity index (χ4n) is 3.99. The Morgan fingerprint density at radius 2 is 0.523 bits per heavy atom. The third kappa shape index (κ3) is 9.62. The van der Waals surface area contributed by atoms with Crippen molar-refractivity contribution in [3.05, 3.63) is 170 Å². The molecular formula is C38H32Bi2S4. The molecule has 5 aromatic carbocycles. The molecule has 6 heteroatoms. The second-order valence-electron chi connectivity index (χ2n) is 9.49. The van der Waals surface area contributed by atoms with Crippen molar-refractivity contribution in [1.29, 1.82) is 0 Å². The van der Waals surface area contributed by atoms with Gasteiger partial charge < -0.3 is 0 Å². The minimum absolute atomic E-state index is 1.16. The van der Waals surface area contributed by atoms with Gasteiger partial charge in [-0.1, -0.05) is 0 Å². The molecule has 0 amide bonds. The summed E-state index contributed by atoms with van der Waals surface area (Å²) in [5.41, 5.74) is 4.63. The molecule has 0 nitrogen and oxygen atoms in total. The van der Waals surface area contributed by atoms with Crippen LogP contribution >= 0.6 is 34.1 Å². The summed E-state index contributed by atoms with van der Waals surface area (Å²) >= 11 is -4.68. The van der Waals surface area contributed by atoms with E-state index in [1.807, 2.05) is 24.3 Å². The zero-order valence-corrected chi connectivity index (χ0v) is 34.4. The van der Waals surface area contributed by atoms with E-state index >= 15 is 0 Å². The number of rotatable bonds is 14. The van der Waals surface area contributed by atoms with Crippen LogP contribution < -0.4 is 6.54 Å². The van der Waals surface area contributed by atoms with Crippen molar-refractivity contribution in [2.45, 2.75) is 19.6 Å². The molecule has 0 aliphatic rings. The molecule has 0 saturated carbocycles. The van der Waals surface area contributed by atoms with Gasteiger partial charge in [0.25, 0.3) is 0 Å². The first kappa shape index (κ1) is 33.6. The Hall–Kier alpha value is -1.77. The molecule has 5 rings (SSSR count). The fraction of sp³-hybridized carbons (Fsp3) is 0. The normalized spacial score (nSPS) is 11.0. The number of benzene rings is 5.